The molecule has 2 heterocycles. The van der Waals surface area contributed by atoms with Gasteiger partial charge in [0.15, 0.2) is 5.78 Å². The van der Waals surface area contributed by atoms with Crippen molar-refractivity contribution >= 4 is 33.7 Å². The molecule has 1 aromatic carbocycles. The maximum Gasteiger partial charge on any atom is 0.334 e. The third-order valence-electron chi connectivity index (χ3n) is 4.88. The molecule has 9 nitrogen and oxygen atoms in total. The Balaban J connectivity index is 1.72. The minimum Gasteiger partial charge on any atom is -0.292 e. The minimum atomic E-state index is -3.62. The van der Waals surface area contributed by atoms with Crippen LogP contribution in [-0.2, 0) is 19.6 Å². The van der Waals surface area contributed by atoms with Gasteiger partial charge in [0, 0.05) is 25.2 Å². The summed E-state index contributed by atoms with van der Waals surface area (Å²) in [5, 5.41) is 0. The van der Waals surface area contributed by atoms with Crippen LogP contribution in [0.5, 0.6) is 0 Å². The van der Waals surface area contributed by atoms with Gasteiger partial charge in [0.05, 0.1) is 11.4 Å². The number of imide groups is 2. The molecular formula is C19H21N3O6S. The first-order chi connectivity index (χ1) is 13.8. The van der Waals surface area contributed by atoms with Crippen molar-refractivity contribution < 1.29 is 27.6 Å². The molecule has 0 spiro atoms. The molecular weight excluding hydrogens is 398 g/mol. The normalized spacial score (nSPS) is 18.4. The summed E-state index contributed by atoms with van der Waals surface area (Å²) >= 11 is 0. The zero-order chi connectivity index (χ0) is 21.2. The van der Waals surface area contributed by atoms with Crippen LogP contribution in [0.25, 0.3) is 0 Å². The molecule has 2 aliphatic rings. The van der Waals surface area contributed by atoms with Crippen LogP contribution >= 0.6 is 0 Å². The molecule has 2 fully saturated rings. The summed E-state index contributed by atoms with van der Waals surface area (Å²) < 4.78 is 26.7. The van der Waals surface area contributed by atoms with Gasteiger partial charge in [-0.05, 0) is 37.1 Å². The molecule has 4 amide bonds. The van der Waals surface area contributed by atoms with Gasteiger partial charge in [-0.15, -0.1) is 6.58 Å². The average molecular weight is 419 g/mol. The van der Waals surface area contributed by atoms with Crippen molar-refractivity contribution in [2.24, 2.45) is 0 Å². The highest BCUT2D eigenvalue weighted by Crippen LogP contribution is 2.21. The first kappa shape index (κ1) is 20.9. The number of hydrogen-bond acceptors (Lipinski definition) is 6. The summed E-state index contributed by atoms with van der Waals surface area (Å²) in [5.74, 6) is -2.66. The molecule has 0 aliphatic carbocycles. The number of ketones is 1. The number of urea groups is 1. The van der Waals surface area contributed by atoms with Crippen LogP contribution in [-0.4, -0.2) is 72.3 Å². The van der Waals surface area contributed by atoms with Crippen molar-refractivity contribution in [3.8, 4) is 0 Å². The van der Waals surface area contributed by atoms with Gasteiger partial charge in [-0.1, -0.05) is 12.5 Å². The fraction of sp³-hybridized carbons (Fsp3) is 0.368. The smallest absolute Gasteiger partial charge is 0.292 e. The van der Waals surface area contributed by atoms with E-state index in [1.807, 2.05) is 0 Å². The van der Waals surface area contributed by atoms with Gasteiger partial charge in [-0.3, -0.25) is 19.3 Å². The molecule has 10 heteroatoms. The van der Waals surface area contributed by atoms with Crippen LogP contribution in [0, 0.1) is 0 Å². The highest BCUT2D eigenvalue weighted by atomic mass is 32.2. The maximum absolute atomic E-state index is 12.7. The van der Waals surface area contributed by atoms with E-state index in [2.05, 4.69) is 6.58 Å². The molecule has 0 bridgehead atoms. The summed E-state index contributed by atoms with van der Waals surface area (Å²) in [7, 11) is -3.62. The average Bonchev–Trinajstić information content (AvgIpc) is 2.93. The first-order valence-corrected chi connectivity index (χ1v) is 10.6. The lowest BCUT2D eigenvalue weighted by atomic mass is 10.1. The van der Waals surface area contributed by atoms with Crippen LogP contribution in [0.1, 0.15) is 29.6 Å². The molecule has 0 radical (unpaired) electrons. The van der Waals surface area contributed by atoms with E-state index < -0.39 is 40.2 Å². The van der Waals surface area contributed by atoms with Crippen molar-refractivity contribution in [1.29, 1.82) is 0 Å². The van der Waals surface area contributed by atoms with Crippen LogP contribution in [0.3, 0.4) is 0 Å². The summed E-state index contributed by atoms with van der Waals surface area (Å²) in [6.45, 7) is 3.63. The molecule has 0 saturated carbocycles. The fourth-order valence-corrected chi connectivity index (χ4v) is 4.80. The highest BCUT2D eigenvalue weighted by Gasteiger charge is 2.44. The van der Waals surface area contributed by atoms with Crippen molar-refractivity contribution in [2.75, 3.05) is 26.2 Å². The van der Waals surface area contributed by atoms with Crippen LogP contribution in [0.4, 0.5) is 4.79 Å². The minimum absolute atomic E-state index is 0.0802. The number of nitrogens with zero attached hydrogens (tertiary/aromatic N) is 3. The Morgan fingerprint density at radius 1 is 0.966 bits per heavy atom. The Morgan fingerprint density at radius 3 is 2.14 bits per heavy atom. The Morgan fingerprint density at radius 2 is 1.55 bits per heavy atom. The topological polar surface area (TPSA) is 112 Å². The second kappa shape index (κ2) is 8.26. The second-order valence-corrected chi connectivity index (χ2v) is 8.73. The zero-order valence-electron chi connectivity index (χ0n) is 15.7. The van der Waals surface area contributed by atoms with Crippen LogP contribution in [0.15, 0.2) is 41.8 Å². The largest absolute Gasteiger partial charge is 0.334 e. The summed E-state index contributed by atoms with van der Waals surface area (Å²) in [4.78, 5) is 49.8. The number of amides is 4. The van der Waals surface area contributed by atoms with E-state index in [1.54, 1.807) is 0 Å². The fourth-order valence-electron chi connectivity index (χ4n) is 3.28. The predicted octanol–water partition coefficient (Wildman–Crippen LogP) is 1.02. The third kappa shape index (κ3) is 3.99. The Labute approximate surface area is 168 Å². The van der Waals surface area contributed by atoms with Crippen LogP contribution in [0.2, 0.25) is 0 Å². The van der Waals surface area contributed by atoms with Crippen LogP contribution < -0.4 is 0 Å². The summed E-state index contributed by atoms with van der Waals surface area (Å²) in [5.41, 5.74) is 0.137. The predicted molar refractivity (Wildman–Crippen MR) is 102 cm³/mol. The summed E-state index contributed by atoms with van der Waals surface area (Å²) in [6.07, 6.45) is 3.93. The standard InChI is InChI=1S/C19H21N3O6S/c1-2-10-21-17(24)18(25)22(19(21)26)13-16(23)14-6-8-15(9-7-14)29(27,28)20-11-4-3-5-12-20/h2,6-9H,1,3-5,10-13H2. The van der Waals surface area contributed by atoms with Gasteiger partial charge >= 0.3 is 17.8 Å². The molecule has 0 aromatic heterocycles. The third-order valence-corrected chi connectivity index (χ3v) is 6.79. The number of carbonyl (C=O) groups excluding carboxylic acids is 4. The lowest BCUT2D eigenvalue weighted by molar-refractivity contribution is -0.142. The van der Waals surface area contributed by atoms with E-state index in [4.69, 9.17) is 0 Å². The number of carbonyl (C=O) groups is 4. The monoisotopic (exact) mass is 419 g/mol. The maximum atomic E-state index is 12.7. The number of hydrogen-bond donors (Lipinski definition) is 0. The van der Waals surface area contributed by atoms with E-state index in [9.17, 15) is 27.6 Å². The van der Waals surface area contributed by atoms with E-state index in [-0.39, 0.29) is 17.0 Å². The second-order valence-electron chi connectivity index (χ2n) is 6.79. The van der Waals surface area contributed by atoms with E-state index in [0.29, 0.717) is 22.9 Å². The summed E-state index contributed by atoms with van der Waals surface area (Å²) in [6, 6.07) is 4.47. The Hall–Kier alpha value is -2.85. The highest BCUT2D eigenvalue weighted by molar-refractivity contribution is 7.89. The van der Waals surface area contributed by atoms with E-state index in [1.165, 1.54) is 34.6 Å². The van der Waals surface area contributed by atoms with Gasteiger partial charge in [-0.25, -0.2) is 18.1 Å². The SMILES string of the molecule is C=CCN1C(=O)C(=O)N(CC(=O)c2ccc(S(=O)(=O)N3CCCCC3)cc2)C1=O. The van der Waals surface area contributed by atoms with Crippen molar-refractivity contribution in [3.63, 3.8) is 0 Å². The number of piperidine rings is 1. The number of benzene rings is 1. The number of Topliss-reactive ketones (excluding diaryl/α,β-unsaturated/α-hetero) is 1. The molecule has 0 N–H and O–H groups in total. The van der Waals surface area contributed by atoms with Gasteiger partial charge in [-0.2, -0.15) is 4.31 Å². The molecule has 2 aliphatic heterocycles. The van der Waals surface area contributed by atoms with Crippen molar-refractivity contribution in [2.45, 2.75) is 24.2 Å². The molecule has 2 saturated heterocycles. The molecule has 29 heavy (non-hydrogen) atoms. The molecule has 0 atom stereocenters. The lowest BCUT2D eigenvalue weighted by Gasteiger charge is -2.25. The lowest BCUT2D eigenvalue weighted by Crippen LogP contribution is -2.37. The molecule has 154 valence electrons. The van der Waals surface area contributed by atoms with E-state index in [0.717, 1.165) is 19.3 Å². The zero-order valence-corrected chi connectivity index (χ0v) is 16.6. The van der Waals surface area contributed by atoms with Gasteiger partial charge in [0.2, 0.25) is 10.0 Å². The van der Waals surface area contributed by atoms with E-state index >= 15 is 0 Å². The first-order valence-electron chi connectivity index (χ1n) is 9.19. The Bertz CT molecular complexity index is 964. The molecule has 0 unspecified atom stereocenters. The van der Waals surface area contributed by atoms with Gasteiger partial charge < -0.3 is 0 Å². The number of rotatable bonds is 7. The number of sulfonamides is 1. The van der Waals surface area contributed by atoms with Gasteiger partial charge in [0.25, 0.3) is 0 Å². The van der Waals surface area contributed by atoms with Crippen molar-refractivity contribution in [1.82, 2.24) is 14.1 Å². The molecule has 1 aromatic rings. The van der Waals surface area contributed by atoms with Gasteiger partial charge in [0.1, 0.15) is 0 Å². The Kier molecular flexibility index (Phi) is 5.94. The molecule has 3 rings (SSSR count). The van der Waals surface area contributed by atoms with Crippen molar-refractivity contribution in [3.05, 3.63) is 42.5 Å². The quantitative estimate of drug-likeness (QED) is 0.282.